The van der Waals surface area contributed by atoms with Crippen molar-refractivity contribution in [2.45, 2.75) is 26.6 Å². The smallest absolute Gasteiger partial charge is 0.416 e. The van der Waals surface area contributed by atoms with Gasteiger partial charge in [0.05, 0.1) is 26.5 Å². The van der Waals surface area contributed by atoms with E-state index in [0.29, 0.717) is 39.9 Å². The third-order valence-electron chi connectivity index (χ3n) is 5.18. The molecule has 0 heterocycles. The maximum Gasteiger partial charge on any atom is 0.416 e. The number of nitriles is 1. The van der Waals surface area contributed by atoms with Crippen molar-refractivity contribution in [1.82, 2.24) is 0 Å². The highest BCUT2D eigenvalue weighted by Gasteiger charge is 2.31. The SMILES string of the molecule is CCOc1cc(C=C(C#N)C(=O)Nc2cc(C(F)(F)F)ccc2Cl)cc(I)c1OCc1ccccc1C. The van der Waals surface area contributed by atoms with E-state index in [4.69, 9.17) is 21.1 Å². The number of halogens is 5. The fraction of sp³-hybridized carbons (Fsp3) is 0.185. The molecule has 192 valence electrons. The highest BCUT2D eigenvalue weighted by atomic mass is 127. The third-order valence-corrected chi connectivity index (χ3v) is 6.31. The molecule has 0 spiro atoms. The summed E-state index contributed by atoms with van der Waals surface area (Å²) in [4.78, 5) is 12.7. The van der Waals surface area contributed by atoms with E-state index in [1.807, 2.05) is 38.1 Å². The van der Waals surface area contributed by atoms with Crippen molar-refractivity contribution in [3.8, 4) is 17.6 Å². The summed E-state index contributed by atoms with van der Waals surface area (Å²) in [7, 11) is 0. The quantitative estimate of drug-likeness (QED) is 0.155. The van der Waals surface area contributed by atoms with Gasteiger partial charge < -0.3 is 14.8 Å². The number of alkyl halides is 3. The molecule has 0 radical (unpaired) electrons. The number of nitrogens with zero attached hydrogens (tertiary/aromatic N) is 1. The van der Waals surface area contributed by atoms with Crippen LogP contribution >= 0.6 is 34.2 Å². The Morgan fingerprint density at radius 1 is 1.16 bits per heavy atom. The van der Waals surface area contributed by atoms with E-state index in [-0.39, 0.29) is 16.3 Å². The summed E-state index contributed by atoms with van der Waals surface area (Å²) in [5.74, 6) is 0.0333. The first-order valence-corrected chi connectivity index (χ1v) is 12.4. The van der Waals surface area contributed by atoms with Crippen LogP contribution < -0.4 is 14.8 Å². The molecular weight excluding hydrogens is 620 g/mol. The number of aryl methyl sites for hydroxylation is 1. The van der Waals surface area contributed by atoms with E-state index in [1.165, 1.54) is 6.08 Å². The standard InChI is InChI=1S/C27H21ClF3IN2O3/c1-3-36-24-12-17(11-22(32)25(24)37-15-18-7-5-4-6-16(18)2)10-19(14-33)26(35)34-23-13-20(27(29,30)31)8-9-21(23)28/h4-13H,3,15H2,1-2H3,(H,34,35). The topological polar surface area (TPSA) is 71.3 Å². The van der Waals surface area contributed by atoms with Crippen molar-refractivity contribution in [1.29, 1.82) is 5.26 Å². The summed E-state index contributed by atoms with van der Waals surface area (Å²) < 4.78 is 51.6. The zero-order valence-electron chi connectivity index (χ0n) is 19.7. The minimum atomic E-state index is -4.62. The molecule has 0 aliphatic rings. The van der Waals surface area contributed by atoms with Crippen LogP contribution in [0.4, 0.5) is 18.9 Å². The van der Waals surface area contributed by atoms with E-state index in [9.17, 15) is 23.2 Å². The molecule has 10 heteroatoms. The largest absolute Gasteiger partial charge is 0.490 e. The van der Waals surface area contributed by atoms with Crippen LogP contribution in [0.3, 0.4) is 0 Å². The summed E-state index contributed by atoms with van der Waals surface area (Å²) in [6.07, 6.45) is -3.31. The Morgan fingerprint density at radius 2 is 1.89 bits per heavy atom. The Hall–Kier alpha value is -3.23. The average Bonchev–Trinajstić information content (AvgIpc) is 2.83. The molecule has 1 N–H and O–H groups in total. The van der Waals surface area contributed by atoms with E-state index >= 15 is 0 Å². The molecule has 1 amide bonds. The van der Waals surface area contributed by atoms with Crippen molar-refractivity contribution in [2.75, 3.05) is 11.9 Å². The Bertz CT molecular complexity index is 1380. The van der Waals surface area contributed by atoms with Crippen molar-refractivity contribution >= 4 is 51.9 Å². The van der Waals surface area contributed by atoms with Gasteiger partial charge in [0.15, 0.2) is 11.5 Å². The molecule has 0 bridgehead atoms. The predicted octanol–water partition coefficient (Wildman–Crippen LogP) is 7.80. The summed E-state index contributed by atoms with van der Waals surface area (Å²) >= 11 is 8.03. The summed E-state index contributed by atoms with van der Waals surface area (Å²) in [5, 5.41) is 11.8. The molecule has 0 aromatic heterocycles. The zero-order chi connectivity index (χ0) is 27.2. The van der Waals surface area contributed by atoms with Crippen LogP contribution in [0.5, 0.6) is 11.5 Å². The van der Waals surface area contributed by atoms with Gasteiger partial charge in [-0.1, -0.05) is 35.9 Å². The Kier molecular flexibility index (Phi) is 9.45. The van der Waals surface area contributed by atoms with E-state index in [0.717, 1.165) is 23.3 Å². The maximum atomic E-state index is 13.0. The number of carbonyl (C=O) groups excluding carboxylic acids is 1. The first-order valence-electron chi connectivity index (χ1n) is 11.0. The molecule has 0 fully saturated rings. The first kappa shape index (κ1) is 28.3. The minimum absolute atomic E-state index is 0.0954. The van der Waals surface area contributed by atoms with Gasteiger partial charge in [0, 0.05) is 0 Å². The minimum Gasteiger partial charge on any atom is -0.490 e. The van der Waals surface area contributed by atoms with Gasteiger partial charge in [-0.2, -0.15) is 18.4 Å². The van der Waals surface area contributed by atoms with Gasteiger partial charge in [-0.3, -0.25) is 4.79 Å². The van der Waals surface area contributed by atoms with Crippen LogP contribution in [0, 0.1) is 21.8 Å². The Labute approximate surface area is 231 Å². The van der Waals surface area contributed by atoms with Crippen molar-refractivity contribution in [2.24, 2.45) is 0 Å². The number of anilines is 1. The lowest BCUT2D eigenvalue weighted by Gasteiger charge is -2.16. The lowest BCUT2D eigenvalue weighted by molar-refractivity contribution is -0.137. The molecular formula is C27H21ClF3IN2O3. The lowest BCUT2D eigenvalue weighted by atomic mass is 10.1. The molecule has 3 aromatic carbocycles. The monoisotopic (exact) mass is 640 g/mol. The molecule has 37 heavy (non-hydrogen) atoms. The van der Waals surface area contributed by atoms with Gasteiger partial charge in [0.25, 0.3) is 5.91 Å². The molecule has 5 nitrogen and oxygen atoms in total. The maximum absolute atomic E-state index is 13.0. The molecule has 0 saturated heterocycles. The number of hydrogen-bond donors (Lipinski definition) is 1. The number of benzene rings is 3. The highest BCUT2D eigenvalue weighted by Crippen LogP contribution is 2.36. The number of nitrogens with one attached hydrogen (secondary N) is 1. The van der Waals surface area contributed by atoms with Crippen molar-refractivity contribution in [3.05, 3.63) is 91.0 Å². The normalized spacial score (nSPS) is 11.6. The van der Waals surface area contributed by atoms with E-state index in [2.05, 4.69) is 27.9 Å². The highest BCUT2D eigenvalue weighted by molar-refractivity contribution is 14.1. The van der Waals surface area contributed by atoms with Gasteiger partial charge >= 0.3 is 6.18 Å². The van der Waals surface area contributed by atoms with Gasteiger partial charge in [-0.25, -0.2) is 0 Å². The third kappa shape index (κ3) is 7.40. The van der Waals surface area contributed by atoms with Crippen molar-refractivity contribution in [3.63, 3.8) is 0 Å². The average molecular weight is 641 g/mol. The molecule has 0 aliphatic carbocycles. The fourth-order valence-electron chi connectivity index (χ4n) is 3.30. The number of hydrogen-bond acceptors (Lipinski definition) is 4. The van der Waals surface area contributed by atoms with Gasteiger partial charge in [-0.05, 0) is 89.5 Å². The van der Waals surface area contributed by atoms with Crippen molar-refractivity contribution < 1.29 is 27.4 Å². The summed E-state index contributed by atoms with van der Waals surface area (Å²) in [6.45, 7) is 4.47. The second-order valence-electron chi connectivity index (χ2n) is 7.79. The molecule has 0 aliphatic heterocycles. The van der Waals surface area contributed by atoms with Crippen LogP contribution in [0.2, 0.25) is 5.02 Å². The number of carbonyl (C=O) groups is 1. The number of amides is 1. The molecule has 3 rings (SSSR count). The lowest BCUT2D eigenvalue weighted by Crippen LogP contribution is -2.15. The Morgan fingerprint density at radius 3 is 2.54 bits per heavy atom. The molecule has 0 saturated carbocycles. The van der Waals surface area contributed by atoms with Gasteiger partial charge in [0.2, 0.25) is 0 Å². The van der Waals surface area contributed by atoms with Crippen LogP contribution in [-0.4, -0.2) is 12.5 Å². The fourth-order valence-corrected chi connectivity index (χ4v) is 4.24. The zero-order valence-corrected chi connectivity index (χ0v) is 22.7. The number of ether oxygens (including phenoxy) is 2. The van der Waals surface area contributed by atoms with Crippen LogP contribution in [0.1, 0.15) is 29.2 Å². The molecule has 0 unspecified atom stereocenters. The number of rotatable bonds is 8. The Balaban J connectivity index is 1.88. The molecule has 3 aromatic rings. The van der Waals surface area contributed by atoms with Crippen LogP contribution in [0.25, 0.3) is 6.08 Å². The first-order chi connectivity index (χ1) is 17.5. The van der Waals surface area contributed by atoms with E-state index < -0.39 is 17.6 Å². The van der Waals surface area contributed by atoms with Gasteiger partial charge in [-0.15, -0.1) is 0 Å². The predicted molar refractivity (Wildman–Crippen MR) is 145 cm³/mol. The summed E-state index contributed by atoms with van der Waals surface area (Å²) in [6, 6.07) is 15.5. The molecule has 0 atom stereocenters. The van der Waals surface area contributed by atoms with Crippen LogP contribution in [-0.2, 0) is 17.6 Å². The van der Waals surface area contributed by atoms with Crippen LogP contribution in [0.15, 0.2) is 60.2 Å². The van der Waals surface area contributed by atoms with E-state index in [1.54, 1.807) is 18.2 Å². The second-order valence-corrected chi connectivity index (χ2v) is 9.36. The summed E-state index contributed by atoms with van der Waals surface area (Å²) in [5.41, 5.74) is 0.999. The van der Waals surface area contributed by atoms with Gasteiger partial charge in [0.1, 0.15) is 18.2 Å². The second kappa shape index (κ2) is 12.3.